The number of hydrogen-bond donors (Lipinski definition) is 2. The Hall–Kier alpha value is -4.07. The molecule has 142 valence electrons. The lowest BCUT2D eigenvalue weighted by molar-refractivity contribution is 0.685. The van der Waals surface area contributed by atoms with Crippen molar-refractivity contribution in [2.24, 2.45) is 0 Å². The topological polar surface area (TPSA) is 105 Å². The molecule has 0 radical (unpaired) electrons. The zero-order valence-electron chi connectivity index (χ0n) is 15.4. The van der Waals surface area contributed by atoms with Crippen LogP contribution < -0.4 is 5.69 Å². The van der Waals surface area contributed by atoms with Gasteiger partial charge in [-0.05, 0) is 12.0 Å². The molecule has 8 heteroatoms. The summed E-state index contributed by atoms with van der Waals surface area (Å²) < 4.78 is 1.64. The minimum absolute atomic E-state index is 0.201. The normalized spacial score (nSPS) is 11.2. The molecule has 3 aromatic heterocycles. The lowest BCUT2D eigenvalue weighted by Gasteiger charge is -2.05. The largest absolute Gasteiger partial charge is 0.328 e. The van der Waals surface area contributed by atoms with E-state index in [0.29, 0.717) is 29.4 Å². The smallest absolute Gasteiger partial charge is 0.289 e. The maximum absolute atomic E-state index is 12.4. The Labute approximate surface area is 165 Å². The summed E-state index contributed by atoms with van der Waals surface area (Å²) in [4.78, 5) is 28.4. The first-order valence-corrected chi connectivity index (χ1v) is 9.24. The summed E-state index contributed by atoms with van der Waals surface area (Å²) in [5.74, 6) is 0.637. The summed E-state index contributed by atoms with van der Waals surface area (Å²) >= 11 is 0. The molecule has 2 N–H and O–H groups in total. The predicted molar refractivity (Wildman–Crippen MR) is 109 cm³/mol. The molecule has 5 rings (SSSR count). The summed E-state index contributed by atoms with van der Waals surface area (Å²) in [6, 6.07) is 17.8. The van der Waals surface area contributed by atoms with E-state index >= 15 is 0 Å². The lowest BCUT2D eigenvalue weighted by Crippen LogP contribution is -2.18. The molecule has 8 nitrogen and oxygen atoms in total. The zero-order valence-corrected chi connectivity index (χ0v) is 15.4. The number of aromatic nitrogens is 7. The van der Waals surface area contributed by atoms with Gasteiger partial charge in [-0.15, -0.1) is 0 Å². The van der Waals surface area contributed by atoms with Crippen LogP contribution in [0.1, 0.15) is 5.56 Å². The maximum atomic E-state index is 12.4. The Morgan fingerprint density at radius 2 is 1.72 bits per heavy atom. The number of aromatic amines is 2. The van der Waals surface area contributed by atoms with E-state index in [9.17, 15) is 4.79 Å². The Balaban J connectivity index is 1.47. The highest BCUT2D eigenvalue weighted by atomic mass is 16.1. The fraction of sp³-hybridized carbons (Fsp3) is 0.0952. The minimum atomic E-state index is -0.201. The number of fused-ring (bicyclic) bond motifs is 1. The fourth-order valence-electron chi connectivity index (χ4n) is 3.29. The van der Waals surface area contributed by atoms with E-state index in [1.165, 1.54) is 5.56 Å². The van der Waals surface area contributed by atoms with Crippen LogP contribution in [0.15, 0.2) is 71.9 Å². The van der Waals surface area contributed by atoms with Gasteiger partial charge in [0.05, 0.1) is 11.9 Å². The average Bonchev–Trinajstić information content (AvgIpc) is 3.40. The molecule has 0 saturated carbocycles. The third-order valence-electron chi connectivity index (χ3n) is 4.80. The van der Waals surface area contributed by atoms with Crippen molar-refractivity contribution in [3.8, 4) is 22.6 Å². The van der Waals surface area contributed by atoms with E-state index in [0.717, 1.165) is 17.5 Å². The summed E-state index contributed by atoms with van der Waals surface area (Å²) in [6.45, 7) is 0.532. The van der Waals surface area contributed by atoms with Crippen molar-refractivity contribution in [2.75, 3.05) is 0 Å². The molecule has 29 heavy (non-hydrogen) atoms. The summed E-state index contributed by atoms with van der Waals surface area (Å²) in [5, 5.41) is 6.79. The molecular weight excluding hydrogens is 366 g/mol. The Morgan fingerprint density at radius 1 is 0.931 bits per heavy atom. The second-order valence-corrected chi connectivity index (χ2v) is 6.64. The number of hydrogen-bond acceptors (Lipinski definition) is 5. The molecule has 0 saturated heterocycles. The number of benzene rings is 2. The first-order valence-electron chi connectivity index (χ1n) is 9.24. The third-order valence-corrected chi connectivity index (χ3v) is 4.80. The SMILES string of the molecule is O=c1[nH]c2ncc(-c3ccc(-c4nc[nH]n4)cc3)nc2n1CCc1ccccc1. The Kier molecular flexibility index (Phi) is 4.21. The highest BCUT2D eigenvalue weighted by Crippen LogP contribution is 2.22. The van der Waals surface area contributed by atoms with Gasteiger partial charge in [0.1, 0.15) is 6.33 Å². The van der Waals surface area contributed by atoms with Gasteiger partial charge in [0.2, 0.25) is 0 Å². The van der Waals surface area contributed by atoms with Crippen molar-refractivity contribution in [3.05, 3.63) is 83.2 Å². The second kappa shape index (κ2) is 7.16. The van der Waals surface area contributed by atoms with Crippen LogP contribution in [0.25, 0.3) is 33.9 Å². The molecule has 0 fully saturated rings. The van der Waals surface area contributed by atoms with Gasteiger partial charge >= 0.3 is 5.69 Å². The molecule has 0 spiro atoms. The van der Waals surface area contributed by atoms with Gasteiger partial charge in [-0.3, -0.25) is 14.6 Å². The van der Waals surface area contributed by atoms with Crippen molar-refractivity contribution in [3.63, 3.8) is 0 Å². The molecule has 3 heterocycles. The van der Waals surface area contributed by atoms with Gasteiger partial charge in [0.15, 0.2) is 17.1 Å². The summed E-state index contributed by atoms with van der Waals surface area (Å²) in [7, 11) is 0. The molecule has 2 aromatic carbocycles. The highest BCUT2D eigenvalue weighted by Gasteiger charge is 2.12. The molecule has 0 atom stereocenters. The van der Waals surface area contributed by atoms with E-state index in [4.69, 9.17) is 4.98 Å². The Bertz CT molecular complexity index is 1300. The van der Waals surface area contributed by atoms with Crippen molar-refractivity contribution in [1.29, 1.82) is 0 Å². The van der Waals surface area contributed by atoms with Gasteiger partial charge in [0, 0.05) is 17.7 Å². The van der Waals surface area contributed by atoms with Crippen LogP contribution in [0.2, 0.25) is 0 Å². The minimum Gasteiger partial charge on any atom is -0.289 e. The van der Waals surface area contributed by atoms with Gasteiger partial charge in [-0.1, -0.05) is 54.6 Å². The second-order valence-electron chi connectivity index (χ2n) is 6.64. The molecule has 0 aliphatic heterocycles. The molecule has 0 aliphatic carbocycles. The standard InChI is InChI=1S/C21H17N7O/c29-21-26-19-20(28(21)11-10-14-4-2-1-3-5-14)25-17(12-22-19)15-6-8-16(9-7-15)18-23-13-24-27-18/h1-9,12-13H,10-11H2,(H,22,26,29)(H,23,24,27). The van der Waals surface area contributed by atoms with E-state index in [1.807, 2.05) is 54.6 Å². The van der Waals surface area contributed by atoms with Crippen LogP contribution in [-0.2, 0) is 13.0 Å². The number of nitrogens with zero attached hydrogens (tertiary/aromatic N) is 5. The van der Waals surface area contributed by atoms with Crippen molar-refractivity contribution < 1.29 is 0 Å². The van der Waals surface area contributed by atoms with Gasteiger partial charge < -0.3 is 0 Å². The molecule has 0 amide bonds. The number of rotatable bonds is 5. The van der Waals surface area contributed by atoms with E-state index < -0.39 is 0 Å². The van der Waals surface area contributed by atoms with Crippen molar-refractivity contribution in [1.82, 2.24) is 34.7 Å². The van der Waals surface area contributed by atoms with E-state index in [2.05, 4.69) is 25.1 Å². The van der Waals surface area contributed by atoms with Crippen LogP contribution in [0.3, 0.4) is 0 Å². The van der Waals surface area contributed by atoms with E-state index in [-0.39, 0.29) is 5.69 Å². The molecular formula is C21H17N7O. The fourth-order valence-corrected chi connectivity index (χ4v) is 3.29. The average molecular weight is 383 g/mol. The summed E-state index contributed by atoms with van der Waals surface area (Å²) in [5.41, 5.74) is 4.53. The predicted octanol–water partition coefficient (Wildman–Crippen LogP) is 2.81. The number of nitrogens with one attached hydrogen (secondary N) is 2. The highest BCUT2D eigenvalue weighted by molar-refractivity contribution is 5.72. The van der Waals surface area contributed by atoms with Crippen LogP contribution in [-0.4, -0.2) is 34.7 Å². The molecule has 5 aromatic rings. The first-order chi connectivity index (χ1) is 14.3. The van der Waals surface area contributed by atoms with Crippen molar-refractivity contribution in [2.45, 2.75) is 13.0 Å². The van der Waals surface area contributed by atoms with Crippen molar-refractivity contribution >= 4 is 11.3 Å². The molecule has 0 unspecified atom stereocenters. The summed E-state index contributed by atoms with van der Waals surface area (Å²) in [6.07, 6.45) is 3.95. The van der Waals surface area contributed by atoms with Gasteiger partial charge in [0.25, 0.3) is 0 Å². The number of imidazole rings is 1. The number of aryl methyl sites for hydroxylation is 2. The third kappa shape index (κ3) is 3.31. The van der Waals surface area contributed by atoms with Gasteiger partial charge in [-0.2, -0.15) is 5.10 Å². The Morgan fingerprint density at radius 3 is 2.48 bits per heavy atom. The quantitative estimate of drug-likeness (QED) is 0.485. The van der Waals surface area contributed by atoms with Crippen LogP contribution in [0, 0.1) is 0 Å². The molecule has 0 aliphatic rings. The monoisotopic (exact) mass is 383 g/mol. The first kappa shape index (κ1) is 17.1. The zero-order chi connectivity index (χ0) is 19.6. The maximum Gasteiger partial charge on any atom is 0.328 e. The van der Waals surface area contributed by atoms with Crippen LogP contribution in [0.5, 0.6) is 0 Å². The lowest BCUT2D eigenvalue weighted by atomic mass is 10.1. The number of H-pyrrole nitrogens is 2. The van der Waals surface area contributed by atoms with Crippen LogP contribution >= 0.6 is 0 Å². The van der Waals surface area contributed by atoms with Gasteiger partial charge in [-0.25, -0.2) is 19.7 Å². The van der Waals surface area contributed by atoms with E-state index in [1.54, 1.807) is 17.1 Å². The molecule has 0 bridgehead atoms. The van der Waals surface area contributed by atoms with Crippen LogP contribution in [0.4, 0.5) is 0 Å².